The fourth-order valence-corrected chi connectivity index (χ4v) is 4.02. The predicted molar refractivity (Wildman–Crippen MR) is 149 cm³/mol. The molecular weight excluding hydrogens is 483 g/mol. The van der Waals surface area contributed by atoms with Crippen LogP contribution in [0.3, 0.4) is 0 Å². The van der Waals surface area contributed by atoms with Crippen LogP contribution in [0.2, 0.25) is 0 Å². The zero-order valence-corrected chi connectivity index (χ0v) is 22.6. The molecule has 0 unspecified atom stereocenters. The van der Waals surface area contributed by atoms with Gasteiger partial charge in [0.25, 0.3) is 5.91 Å². The Morgan fingerprint density at radius 1 is 1.00 bits per heavy atom. The molecule has 0 atom stereocenters. The SMILES string of the molecule is CCCN(CC)CCNC(=O)c1ccc(-c2ccc(NC(=O)NCc3ccc(CC)nc3)c(F)c2)nc1C. The molecule has 2 heterocycles. The molecule has 9 heteroatoms. The second kappa shape index (κ2) is 14.2. The summed E-state index contributed by atoms with van der Waals surface area (Å²) < 4.78 is 14.8. The van der Waals surface area contributed by atoms with Gasteiger partial charge in [-0.2, -0.15) is 0 Å². The Hall–Kier alpha value is -3.85. The lowest BCUT2D eigenvalue weighted by Crippen LogP contribution is -2.35. The predicted octanol–water partition coefficient (Wildman–Crippen LogP) is 4.94. The normalized spacial score (nSPS) is 10.9. The van der Waals surface area contributed by atoms with E-state index >= 15 is 0 Å². The van der Waals surface area contributed by atoms with Crippen molar-refractivity contribution in [3.05, 3.63) is 77.0 Å². The Morgan fingerprint density at radius 2 is 1.82 bits per heavy atom. The lowest BCUT2D eigenvalue weighted by molar-refractivity contribution is 0.0947. The first kappa shape index (κ1) is 28.7. The highest BCUT2D eigenvalue weighted by molar-refractivity contribution is 5.95. The van der Waals surface area contributed by atoms with Crippen molar-refractivity contribution in [2.45, 2.75) is 47.1 Å². The summed E-state index contributed by atoms with van der Waals surface area (Å²) in [5.74, 6) is -0.761. The number of anilines is 1. The van der Waals surface area contributed by atoms with Crippen LogP contribution in [0.25, 0.3) is 11.3 Å². The average Bonchev–Trinajstić information content (AvgIpc) is 2.92. The maximum Gasteiger partial charge on any atom is 0.319 e. The second-order valence-corrected chi connectivity index (χ2v) is 9.03. The highest BCUT2D eigenvalue weighted by Gasteiger charge is 2.14. The van der Waals surface area contributed by atoms with Crippen LogP contribution in [0.1, 0.15) is 54.5 Å². The molecule has 0 spiro atoms. The molecule has 1 aromatic carbocycles. The van der Waals surface area contributed by atoms with Crippen LogP contribution in [0, 0.1) is 12.7 Å². The maximum absolute atomic E-state index is 14.8. The molecule has 3 aromatic rings. The summed E-state index contributed by atoms with van der Waals surface area (Å²) in [6, 6.07) is 11.2. The van der Waals surface area contributed by atoms with Crippen LogP contribution >= 0.6 is 0 Å². The molecule has 0 aliphatic carbocycles. The quantitative estimate of drug-likeness (QED) is 0.314. The summed E-state index contributed by atoms with van der Waals surface area (Å²) in [4.78, 5) is 36.0. The summed E-state index contributed by atoms with van der Waals surface area (Å²) in [6.07, 6.45) is 3.63. The lowest BCUT2D eigenvalue weighted by Gasteiger charge is -2.19. The molecule has 3 amide bonds. The Morgan fingerprint density at radius 3 is 2.45 bits per heavy atom. The number of carbonyl (C=O) groups excluding carboxylic acids is 2. The van der Waals surface area contributed by atoms with E-state index in [-0.39, 0.29) is 18.1 Å². The summed E-state index contributed by atoms with van der Waals surface area (Å²) in [5.41, 5.74) is 4.02. The molecule has 3 rings (SSSR count). The number of amides is 3. The van der Waals surface area contributed by atoms with Gasteiger partial charge >= 0.3 is 6.03 Å². The van der Waals surface area contributed by atoms with Crippen LogP contribution in [0.5, 0.6) is 0 Å². The van der Waals surface area contributed by atoms with Crippen LogP contribution in [0.4, 0.5) is 14.9 Å². The maximum atomic E-state index is 14.8. The number of aryl methyl sites for hydroxylation is 2. The van der Waals surface area contributed by atoms with Gasteiger partial charge in [0.2, 0.25) is 0 Å². The van der Waals surface area contributed by atoms with Crippen molar-refractivity contribution in [1.29, 1.82) is 0 Å². The first-order valence-electron chi connectivity index (χ1n) is 13.1. The summed E-state index contributed by atoms with van der Waals surface area (Å²) in [7, 11) is 0. The van der Waals surface area contributed by atoms with Crippen molar-refractivity contribution in [2.75, 3.05) is 31.5 Å². The van der Waals surface area contributed by atoms with Crippen LogP contribution < -0.4 is 16.0 Å². The minimum Gasteiger partial charge on any atom is -0.351 e. The van der Waals surface area contributed by atoms with E-state index in [0.717, 1.165) is 43.7 Å². The monoisotopic (exact) mass is 520 g/mol. The van der Waals surface area contributed by atoms with E-state index in [9.17, 15) is 14.0 Å². The Bertz CT molecular complexity index is 1230. The number of nitrogens with zero attached hydrogens (tertiary/aromatic N) is 3. The van der Waals surface area contributed by atoms with E-state index < -0.39 is 11.8 Å². The van der Waals surface area contributed by atoms with Crippen molar-refractivity contribution < 1.29 is 14.0 Å². The Labute approximate surface area is 224 Å². The molecular formula is C29H37FN6O2. The van der Waals surface area contributed by atoms with E-state index in [1.54, 1.807) is 31.3 Å². The number of aromatic nitrogens is 2. The third kappa shape index (κ3) is 8.08. The van der Waals surface area contributed by atoms with E-state index in [1.165, 1.54) is 12.1 Å². The molecule has 38 heavy (non-hydrogen) atoms. The first-order valence-corrected chi connectivity index (χ1v) is 13.1. The number of rotatable bonds is 12. The van der Waals surface area contributed by atoms with E-state index in [4.69, 9.17) is 0 Å². The molecule has 2 aromatic heterocycles. The molecule has 0 saturated carbocycles. The molecule has 0 aliphatic heterocycles. The zero-order chi connectivity index (χ0) is 27.5. The third-order valence-corrected chi connectivity index (χ3v) is 6.25. The molecule has 202 valence electrons. The van der Waals surface area contributed by atoms with Crippen LogP contribution in [0.15, 0.2) is 48.7 Å². The van der Waals surface area contributed by atoms with Gasteiger partial charge in [0.05, 0.1) is 22.6 Å². The van der Waals surface area contributed by atoms with E-state index in [2.05, 4.69) is 44.7 Å². The Kier molecular flexibility index (Phi) is 10.7. The van der Waals surface area contributed by atoms with Gasteiger partial charge in [-0.05, 0) is 68.8 Å². The number of benzene rings is 1. The van der Waals surface area contributed by atoms with Crippen molar-refractivity contribution >= 4 is 17.6 Å². The number of likely N-dealkylation sites (N-methyl/N-ethyl adjacent to an activating group) is 1. The van der Waals surface area contributed by atoms with Crippen molar-refractivity contribution in [2.24, 2.45) is 0 Å². The number of urea groups is 1. The number of hydrogen-bond donors (Lipinski definition) is 3. The number of halogens is 1. The van der Waals surface area contributed by atoms with Crippen molar-refractivity contribution in [3.8, 4) is 11.3 Å². The zero-order valence-electron chi connectivity index (χ0n) is 22.6. The van der Waals surface area contributed by atoms with Crippen molar-refractivity contribution in [1.82, 2.24) is 25.5 Å². The van der Waals surface area contributed by atoms with E-state index in [1.807, 2.05) is 19.1 Å². The van der Waals surface area contributed by atoms with Gasteiger partial charge in [-0.1, -0.05) is 32.9 Å². The minimum absolute atomic E-state index is 0.0580. The topological polar surface area (TPSA) is 99.2 Å². The summed E-state index contributed by atoms with van der Waals surface area (Å²) in [5, 5.41) is 8.19. The highest BCUT2D eigenvalue weighted by Crippen LogP contribution is 2.24. The van der Waals surface area contributed by atoms with Crippen LogP contribution in [-0.2, 0) is 13.0 Å². The van der Waals surface area contributed by atoms with Gasteiger partial charge in [-0.15, -0.1) is 0 Å². The number of nitrogens with one attached hydrogen (secondary N) is 3. The smallest absolute Gasteiger partial charge is 0.319 e. The minimum atomic E-state index is -0.583. The lowest BCUT2D eigenvalue weighted by atomic mass is 10.1. The second-order valence-electron chi connectivity index (χ2n) is 9.03. The molecule has 0 fully saturated rings. The summed E-state index contributed by atoms with van der Waals surface area (Å²) in [6.45, 7) is 11.6. The molecule has 8 nitrogen and oxygen atoms in total. The third-order valence-electron chi connectivity index (χ3n) is 6.25. The fraction of sp³-hybridized carbons (Fsp3) is 0.379. The van der Waals surface area contributed by atoms with Gasteiger partial charge in [-0.3, -0.25) is 14.8 Å². The largest absolute Gasteiger partial charge is 0.351 e. The molecule has 0 aliphatic rings. The first-order chi connectivity index (χ1) is 18.3. The van der Waals surface area contributed by atoms with Gasteiger partial charge in [0.1, 0.15) is 5.82 Å². The Balaban J connectivity index is 1.57. The fourth-order valence-electron chi connectivity index (χ4n) is 4.02. The van der Waals surface area contributed by atoms with Gasteiger partial charge in [0, 0.05) is 37.1 Å². The number of hydrogen-bond acceptors (Lipinski definition) is 5. The van der Waals surface area contributed by atoms with Crippen LogP contribution in [-0.4, -0.2) is 53.0 Å². The highest BCUT2D eigenvalue weighted by atomic mass is 19.1. The van der Waals surface area contributed by atoms with Gasteiger partial charge in [0.15, 0.2) is 0 Å². The van der Waals surface area contributed by atoms with Crippen molar-refractivity contribution in [3.63, 3.8) is 0 Å². The molecule has 0 bridgehead atoms. The summed E-state index contributed by atoms with van der Waals surface area (Å²) >= 11 is 0. The van der Waals surface area contributed by atoms with Gasteiger partial charge in [-0.25, -0.2) is 9.18 Å². The number of pyridine rings is 2. The standard InChI is InChI=1S/C29H37FN6O2/c1-5-15-36(7-3)16-14-31-28(37)24-11-13-26(34-20(24)4)22-9-12-27(25(30)17-22)35-29(38)33-19-21-8-10-23(6-2)32-18-21/h8-13,17-18H,5-7,14-16,19H2,1-4H3,(H,31,37)(H2,33,35,38). The van der Waals surface area contributed by atoms with Gasteiger partial charge < -0.3 is 20.9 Å². The molecule has 0 radical (unpaired) electrons. The van der Waals surface area contributed by atoms with E-state index in [0.29, 0.717) is 29.1 Å². The molecule has 3 N–H and O–H groups in total. The number of carbonyl (C=O) groups is 2. The average molecular weight is 521 g/mol. The molecule has 0 saturated heterocycles.